The summed E-state index contributed by atoms with van der Waals surface area (Å²) in [5, 5.41) is 12.2. The van der Waals surface area contributed by atoms with E-state index >= 15 is 0 Å². The maximum Gasteiger partial charge on any atom is 0.407 e. The number of carbonyl (C=O) groups excluding carboxylic acids is 1. The van der Waals surface area contributed by atoms with E-state index in [1.807, 2.05) is 0 Å². The van der Waals surface area contributed by atoms with E-state index in [9.17, 15) is 14.7 Å². The van der Waals surface area contributed by atoms with Crippen molar-refractivity contribution >= 4 is 12.1 Å². The molecule has 2 rings (SSSR count). The van der Waals surface area contributed by atoms with Gasteiger partial charge in [-0.2, -0.15) is 0 Å². The first-order valence-electron chi connectivity index (χ1n) is 7.41. The van der Waals surface area contributed by atoms with Crippen molar-refractivity contribution in [3.8, 4) is 0 Å². The van der Waals surface area contributed by atoms with Crippen LogP contribution in [0.25, 0.3) is 0 Å². The Morgan fingerprint density at radius 3 is 2.30 bits per heavy atom. The molecule has 2 fully saturated rings. The van der Waals surface area contributed by atoms with Crippen LogP contribution in [0.4, 0.5) is 4.79 Å². The van der Waals surface area contributed by atoms with Gasteiger partial charge in [0.25, 0.3) is 0 Å². The summed E-state index contributed by atoms with van der Waals surface area (Å²) in [7, 11) is 0. The van der Waals surface area contributed by atoms with Gasteiger partial charge >= 0.3 is 12.1 Å². The number of carboxylic acids is 1. The van der Waals surface area contributed by atoms with E-state index in [-0.39, 0.29) is 12.0 Å². The molecule has 0 radical (unpaired) electrons. The molecule has 2 aliphatic carbocycles. The second-order valence-electron chi connectivity index (χ2n) is 7.26. The molecular formula is C15H25NO4. The molecule has 2 aliphatic rings. The number of rotatable bonds is 3. The number of hydrogen-bond acceptors (Lipinski definition) is 3. The number of nitrogens with one attached hydrogen (secondary N) is 1. The molecule has 0 saturated heterocycles. The van der Waals surface area contributed by atoms with Gasteiger partial charge in [0.2, 0.25) is 0 Å². The van der Waals surface area contributed by atoms with Crippen molar-refractivity contribution in [2.24, 2.45) is 10.8 Å². The Bertz CT molecular complexity index is 407. The maximum absolute atomic E-state index is 11.7. The highest BCUT2D eigenvalue weighted by Crippen LogP contribution is 2.70. The highest BCUT2D eigenvalue weighted by molar-refractivity contribution is 5.81. The van der Waals surface area contributed by atoms with E-state index < -0.39 is 23.1 Å². The number of hydrogen-bond donors (Lipinski definition) is 2. The van der Waals surface area contributed by atoms with Gasteiger partial charge in [0, 0.05) is 6.54 Å². The highest BCUT2D eigenvalue weighted by atomic mass is 16.6. The molecule has 20 heavy (non-hydrogen) atoms. The van der Waals surface area contributed by atoms with Crippen LogP contribution in [0.15, 0.2) is 0 Å². The van der Waals surface area contributed by atoms with Crippen LogP contribution in [-0.2, 0) is 9.53 Å². The van der Waals surface area contributed by atoms with Gasteiger partial charge < -0.3 is 15.2 Å². The number of alkyl carbamates (subject to hydrolysis) is 1. The molecule has 0 aromatic carbocycles. The summed E-state index contributed by atoms with van der Waals surface area (Å²) in [6, 6.07) is 0. The fourth-order valence-electron chi connectivity index (χ4n) is 3.58. The summed E-state index contributed by atoms with van der Waals surface area (Å²) >= 11 is 0. The Kier molecular flexibility index (Phi) is 3.73. The number of carbonyl (C=O) groups is 2. The zero-order valence-electron chi connectivity index (χ0n) is 12.6. The molecule has 1 unspecified atom stereocenters. The quantitative estimate of drug-likeness (QED) is 0.835. The zero-order chi connectivity index (χ0) is 15.0. The molecule has 0 bridgehead atoms. The van der Waals surface area contributed by atoms with Gasteiger partial charge in [-0.15, -0.1) is 0 Å². The van der Waals surface area contributed by atoms with Crippen LogP contribution in [0.2, 0.25) is 0 Å². The third-order valence-electron chi connectivity index (χ3n) is 4.68. The Balaban J connectivity index is 1.95. The second-order valence-corrected chi connectivity index (χ2v) is 7.26. The molecule has 2 saturated carbocycles. The SMILES string of the molecule is CC(C)(C)OC(=O)NCC1(C(=O)O)CC12CCCCC2. The monoisotopic (exact) mass is 283 g/mol. The molecule has 1 spiro atoms. The van der Waals surface area contributed by atoms with Crippen molar-refractivity contribution in [2.75, 3.05) is 6.54 Å². The Morgan fingerprint density at radius 1 is 1.20 bits per heavy atom. The lowest BCUT2D eigenvalue weighted by Gasteiger charge is -2.27. The molecule has 0 aromatic heterocycles. The zero-order valence-corrected chi connectivity index (χ0v) is 12.6. The number of amides is 1. The smallest absolute Gasteiger partial charge is 0.407 e. The molecule has 1 amide bonds. The lowest BCUT2D eigenvalue weighted by atomic mass is 9.79. The summed E-state index contributed by atoms with van der Waals surface area (Å²) in [5.41, 5.74) is -1.43. The molecule has 2 N–H and O–H groups in total. The van der Waals surface area contributed by atoms with Crippen LogP contribution in [-0.4, -0.2) is 29.3 Å². The fraction of sp³-hybridized carbons (Fsp3) is 0.867. The maximum atomic E-state index is 11.7. The first-order chi connectivity index (χ1) is 9.21. The van der Waals surface area contributed by atoms with Crippen LogP contribution >= 0.6 is 0 Å². The minimum atomic E-state index is -0.782. The van der Waals surface area contributed by atoms with Crippen LogP contribution in [0.3, 0.4) is 0 Å². The van der Waals surface area contributed by atoms with E-state index in [4.69, 9.17) is 4.74 Å². The highest BCUT2D eigenvalue weighted by Gasteiger charge is 2.71. The lowest BCUT2D eigenvalue weighted by Crippen LogP contribution is -2.40. The summed E-state index contributed by atoms with van der Waals surface area (Å²) in [6.07, 6.45) is 5.48. The predicted molar refractivity (Wildman–Crippen MR) is 74.4 cm³/mol. The van der Waals surface area contributed by atoms with Crippen molar-refractivity contribution in [3.63, 3.8) is 0 Å². The molecule has 0 aliphatic heterocycles. The van der Waals surface area contributed by atoms with Crippen molar-refractivity contribution in [1.29, 1.82) is 0 Å². The Morgan fingerprint density at radius 2 is 1.80 bits per heavy atom. The van der Waals surface area contributed by atoms with Gasteiger partial charge in [-0.05, 0) is 45.4 Å². The molecule has 114 valence electrons. The Hall–Kier alpha value is -1.26. The van der Waals surface area contributed by atoms with Gasteiger partial charge in [-0.3, -0.25) is 4.79 Å². The van der Waals surface area contributed by atoms with E-state index in [1.165, 1.54) is 6.42 Å². The van der Waals surface area contributed by atoms with Gasteiger partial charge in [-0.1, -0.05) is 19.3 Å². The summed E-state index contributed by atoms with van der Waals surface area (Å²) in [5.74, 6) is -0.782. The van der Waals surface area contributed by atoms with Crippen LogP contribution in [0, 0.1) is 10.8 Å². The van der Waals surface area contributed by atoms with Crippen molar-refractivity contribution in [3.05, 3.63) is 0 Å². The van der Waals surface area contributed by atoms with E-state index in [0.717, 1.165) is 25.7 Å². The number of ether oxygens (including phenoxy) is 1. The third kappa shape index (κ3) is 2.76. The average molecular weight is 283 g/mol. The first-order valence-corrected chi connectivity index (χ1v) is 7.41. The fourth-order valence-corrected chi connectivity index (χ4v) is 3.58. The first kappa shape index (κ1) is 15.1. The van der Waals surface area contributed by atoms with Crippen LogP contribution in [0.1, 0.15) is 59.3 Å². The molecule has 5 nitrogen and oxygen atoms in total. The molecule has 0 heterocycles. The van der Waals surface area contributed by atoms with Gasteiger partial charge in [-0.25, -0.2) is 4.79 Å². The second kappa shape index (κ2) is 4.93. The largest absolute Gasteiger partial charge is 0.481 e. The van der Waals surface area contributed by atoms with Gasteiger partial charge in [0.05, 0.1) is 5.41 Å². The molecule has 5 heteroatoms. The van der Waals surface area contributed by atoms with E-state index in [2.05, 4.69) is 5.32 Å². The number of aliphatic carboxylic acids is 1. The molecule has 0 aromatic rings. The van der Waals surface area contributed by atoms with Crippen LogP contribution in [0.5, 0.6) is 0 Å². The van der Waals surface area contributed by atoms with Crippen molar-refractivity contribution < 1.29 is 19.4 Å². The summed E-state index contributed by atoms with van der Waals surface area (Å²) in [4.78, 5) is 23.4. The lowest BCUT2D eigenvalue weighted by molar-refractivity contribution is -0.145. The minimum Gasteiger partial charge on any atom is -0.481 e. The van der Waals surface area contributed by atoms with Crippen LogP contribution < -0.4 is 5.32 Å². The van der Waals surface area contributed by atoms with E-state index in [1.54, 1.807) is 20.8 Å². The van der Waals surface area contributed by atoms with Gasteiger partial charge in [0.1, 0.15) is 5.60 Å². The Labute approximate surface area is 120 Å². The van der Waals surface area contributed by atoms with Crippen molar-refractivity contribution in [2.45, 2.75) is 64.9 Å². The van der Waals surface area contributed by atoms with Crippen molar-refractivity contribution in [1.82, 2.24) is 5.32 Å². The van der Waals surface area contributed by atoms with E-state index in [0.29, 0.717) is 6.42 Å². The number of carboxylic acid groups (broad SMARTS) is 1. The summed E-state index contributed by atoms with van der Waals surface area (Å²) in [6.45, 7) is 5.55. The summed E-state index contributed by atoms with van der Waals surface area (Å²) < 4.78 is 5.17. The predicted octanol–water partition coefficient (Wildman–Crippen LogP) is 2.94. The average Bonchev–Trinajstić information content (AvgIpc) is 2.94. The molecular weight excluding hydrogens is 258 g/mol. The normalized spacial score (nSPS) is 27.9. The third-order valence-corrected chi connectivity index (χ3v) is 4.68. The topological polar surface area (TPSA) is 75.6 Å². The molecule has 1 atom stereocenters. The van der Waals surface area contributed by atoms with Gasteiger partial charge in [0.15, 0.2) is 0 Å². The standard InChI is InChI=1S/C15H25NO4/c1-13(2,3)20-12(19)16-10-15(11(17)18)9-14(15)7-5-4-6-8-14/h4-10H2,1-3H3,(H,16,19)(H,17,18). The minimum absolute atomic E-state index is 0.0912.